The van der Waals surface area contributed by atoms with Crippen molar-refractivity contribution < 1.29 is 10.0 Å². The molecule has 0 aliphatic carbocycles. The molecule has 6 heteroatoms. The highest BCUT2D eigenvalue weighted by Gasteiger charge is 2.22. The fourth-order valence-corrected chi connectivity index (χ4v) is 2.45. The molecule has 0 aromatic rings. The first-order valence-corrected chi connectivity index (χ1v) is 5.64. The second-order valence-corrected chi connectivity index (χ2v) is 4.44. The van der Waals surface area contributed by atoms with E-state index in [0.29, 0.717) is 13.0 Å². The summed E-state index contributed by atoms with van der Waals surface area (Å²) in [5, 5.41) is 13.9. The Balaban J connectivity index is 2.14. The Morgan fingerprint density at radius 2 is 2.50 bits per heavy atom. The van der Waals surface area contributed by atoms with Gasteiger partial charge < -0.3 is 16.3 Å². The standard InChI is InChI=1S/C8H15N3O2S/c9-7(11-13)3-4-10-8(12)6-2-1-5-14-6/h6,13H,1-5H2,(H2,9,11)(H,10,12). The molecule has 1 atom stereocenters. The first-order chi connectivity index (χ1) is 6.74. The van der Waals surface area contributed by atoms with Crippen LogP contribution >= 0.6 is 11.8 Å². The fourth-order valence-electron chi connectivity index (χ4n) is 1.26. The number of hydrogen-bond donors (Lipinski definition) is 3. The first kappa shape index (κ1) is 11.2. The van der Waals surface area contributed by atoms with E-state index in [2.05, 4.69) is 10.5 Å². The van der Waals surface area contributed by atoms with Crippen LogP contribution in [0.15, 0.2) is 5.16 Å². The molecule has 1 aliphatic rings. The van der Waals surface area contributed by atoms with E-state index in [-0.39, 0.29) is 17.0 Å². The monoisotopic (exact) mass is 217 g/mol. The number of nitrogens with two attached hydrogens (primary N) is 1. The van der Waals surface area contributed by atoms with Crippen molar-refractivity contribution in [3.05, 3.63) is 0 Å². The molecule has 1 aliphatic heterocycles. The van der Waals surface area contributed by atoms with Crippen molar-refractivity contribution in [1.29, 1.82) is 0 Å². The molecule has 0 bridgehead atoms. The largest absolute Gasteiger partial charge is 0.409 e. The normalized spacial score (nSPS) is 22.3. The maximum absolute atomic E-state index is 11.4. The molecule has 5 nitrogen and oxygen atoms in total. The van der Waals surface area contributed by atoms with Gasteiger partial charge in [0, 0.05) is 13.0 Å². The van der Waals surface area contributed by atoms with Gasteiger partial charge in [-0.05, 0) is 18.6 Å². The molecule has 0 spiro atoms. The molecule has 1 heterocycles. The Hall–Kier alpha value is -0.910. The third-order valence-corrected chi connectivity index (χ3v) is 3.41. The summed E-state index contributed by atoms with van der Waals surface area (Å²) < 4.78 is 0. The molecule has 0 aromatic heterocycles. The van der Waals surface area contributed by atoms with E-state index >= 15 is 0 Å². The van der Waals surface area contributed by atoms with Crippen LogP contribution in [-0.4, -0.2) is 34.5 Å². The minimum absolute atomic E-state index is 0.0678. The Morgan fingerprint density at radius 1 is 1.71 bits per heavy atom. The van der Waals surface area contributed by atoms with Crippen molar-refractivity contribution in [2.75, 3.05) is 12.3 Å². The van der Waals surface area contributed by atoms with E-state index in [1.807, 2.05) is 0 Å². The number of rotatable bonds is 4. The number of thioether (sulfide) groups is 1. The first-order valence-electron chi connectivity index (χ1n) is 4.59. The number of hydrogen-bond acceptors (Lipinski definition) is 4. The van der Waals surface area contributed by atoms with Crippen LogP contribution in [0.3, 0.4) is 0 Å². The van der Waals surface area contributed by atoms with E-state index in [9.17, 15) is 4.79 Å². The highest BCUT2D eigenvalue weighted by Crippen LogP contribution is 2.25. The van der Waals surface area contributed by atoms with Gasteiger partial charge in [0.1, 0.15) is 5.84 Å². The summed E-state index contributed by atoms with van der Waals surface area (Å²) >= 11 is 1.69. The predicted molar refractivity (Wildman–Crippen MR) is 56.5 cm³/mol. The summed E-state index contributed by atoms with van der Waals surface area (Å²) in [6.07, 6.45) is 2.46. The van der Waals surface area contributed by atoms with Gasteiger partial charge in [0.15, 0.2) is 0 Å². The van der Waals surface area contributed by atoms with Crippen LogP contribution in [0, 0.1) is 0 Å². The van der Waals surface area contributed by atoms with E-state index in [1.165, 1.54) is 0 Å². The van der Waals surface area contributed by atoms with Crippen molar-refractivity contribution in [2.45, 2.75) is 24.5 Å². The average molecular weight is 217 g/mol. The molecule has 1 rings (SSSR count). The van der Waals surface area contributed by atoms with E-state index in [0.717, 1.165) is 18.6 Å². The number of amidine groups is 1. The molecule has 1 unspecified atom stereocenters. The smallest absolute Gasteiger partial charge is 0.233 e. The second kappa shape index (κ2) is 5.74. The summed E-state index contributed by atoms with van der Waals surface area (Å²) in [7, 11) is 0. The third-order valence-electron chi connectivity index (χ3n) is 2.03. The third kappa shape index (κ3) is 3.45. The highest BCUT2D eigenvalue weighted by atomic mass is 32.2. The van der Waals surface area contributed by atoms with Gasteiger partial charge in [0.05, 0.1) is 5.25 Å². The fraction of sp³-hybridized carbons (Fsp3) is 0.750. The number of carbonyl (C=O) groups excluding carboxylic acids is 1. The van der Waals surface area contributed by atoms with Gasteiger partial charge in [0.25, 0.3) is 0 Å². The molecular weight excluding hydrogens is 202 g/mol. The Bertz CT molecular complexity index is 227. The van der Waals surface area contributed by atoms with Crippen molar-refractivity contribution in [2.24, 2.45) is 10.9 Å². The molecule has 0 aromatic carbocycles. The lowest BCUT2D eigenvalue weighted by Crippen LogP contribution is -2.33. The topological polar surface area (TPSA) is 87.7 Å². The lowest BCUT2D eigenvalue weighted by Gasteiger charge is -2.08. The maximum atomic E-state index is 11.4. The molecule has 0 radical (unpaired) electrons. The quantitative estimate of drug-likeness (QED) is 0.270. The van der Waals surface area contributed by atoms with Gasteiger partial charge in [-0.3, -0.25) is 4.79 Å². The van der Waals surface area contributed by atoms with E-state index < -0.39 is 0 Å². The second-order valence-electron chi connectivity index (χ2n) is 3.13. The lowest BCUT2D eigenvalue weighted by molar-refractivity contribution is -0.120. The SMILES string of the molecule is NC(CCNC(=O)C1CCCS1)=NO. The van der Waals surface area contributed by atoms with Crippen LogP contribution in [0.1, 0.15) is 19.3 Å². The molecule has 0 saturated carbocycles. The van der Waals surface area contributed by atoms with Crippen LogP contribution in [0.4, 0.5) is 0 Å². The predicted octanol–water partition coefficient (Wildman–Crippen LogP) is 0.135. The zero-order chi connectivity index (χ0) is 10.4. The summed E-state index contributed by atoms with van der Waals surface area (Å²) in [5.41, 5.74) is 5.26. The Labute approximate surface area is 87.1 Å². The van der Waals surface area contributed by atoms with Gasteiger partial charge >= 0.3 is 0 Å². The van der Waals surface area contributed by atoms with E-state index in [1.54, 1.807) is 11.8 Å². The van der Waals surface area contributed by atoms with Gasteiger partial charge in [-0.1, -0.05) is 5.16 Å². The zero-order valence-electron chi connectivity index (χ0n) is 7.90. The van der Waals surface area contributed by atoms with Crippen molar-refractivity contribution in [1.82, 2.24) is 5.32 Å². The van der Waals surface area contributed by atoms with Crippen LogP contribution in [-0.2, 0) is 4.79 Å². The van der Waals surface area contributed by atoms with Gasteiger partial charge in [-0.25, -0.2) is 0 Å². The molecule has 1 saturated heterocycles. The van der Waals surface area contributed by atoms with Crippen LogP contribution in [0.5, 0.6) is 0 Å². The van der Waals surface area contributed by atoms with Crippen molar-refractivity contribution in [3.63, 3.8) is 0 Å². The van der Waals surface area contributed by atoms with Crippen LogP contribution in [0.25, 0.3) is 0 Å². The van der Waals surface area contributed by atoms with Crippen LogP contribution < -0.4 is 11.1 Å². The molecule has 1 amide bonds. The molecule has 4 N–H and O–H groups in total. The number of amides is 1. The van der Waals surface area contributed by atoms with E-state index in [4.69, 9.17) is 10.9 Å². The highest BCUT2D eigenvalue weighted by molar-refractivity contribution is 8.00. The number of oxime groups is 1. The Kier molecular flexibility index (Phi) is 4.58. The average Bonchev–Trinajstić information content (AvgIpc) is 2.70. The van der Waals surface area contributed by atoms with Gasteiger partial charge in [-0.15, -0.1) is 11.8 Å². The number of carbonyl (C=O) groups is 1. The summed E-state index contributed by atoms with van der Waals surface area (Å²) in [6.45, 7) is 0.436. The number of nitrogens with one attached hydrogen (secondary N) is 1. The van der Waals surface area contributed by atoms with Crippen molar-refractivity contribution >= 4 is 23.5 Å². The minimum atomic E-state index is 0.0678. The zero-order valence-corrected chi connectivity index (χ0v) is 8.72. The Morgan fingerprint density at radius 3 is 3.07 bits per heavy atom. The van der Waals surface area contributed by atoms with Gasteiger partial charge in [0.2, 0.25) is 5.91 Å². The van der Waals surface area contributed by atoms with Crippen LogP contribution in [0.2, 0.25) is 0 Å². The summed E-state index contributed by atoms with van der Waals surface area (Å²) in [4.78, 5) is 11.4. The lowest BCUT2D eigenvalue weighted by atomic mass is 10.2. The van der Waals surface area contributed by atoms with Gasteiger partial charge in [-0.2, -0.15) is 0 Å². The minimum Gasteiger partial charge on any atom is -0.409 e. The molecule has 14 heavy (non-hydrogen) atoms. The summed E-state index contributed by atoms with van der Waals surface area (Å²) in [6, 6.07) is 0. The molecular formula is C8H15N3O2S. The maximum Gasteiger partial charge on any atom is 0.233 e. The van der Waals surface area contributed by atoms with Crippen molar-refractivity contribution in [3.8, 4) is 0 Å². The molecule has 80 valence electrons. The number of nitrogens with zero attached hydrogens (tertiary/aromatic N) is 1. The molecule has 1 fully saturated rings. The summed E-state index contributed by atoms with van der Waals surface area (Å²) in [5.74, 6) is 1.28.